The molecule has 0 fully saturated rings. The van der Waals surface area contributed by atoms with Crippen LogP contribution >= 0.6 is 0 Å². The minimum atomic E-state index is 0.151. The fourth-order valence-electron chi connectivity index (χ4n) is 4.46. The van der Waals surface area contributed by atoms with Gasteiger partial charge in [0.25, 0.3) is 0 Å². The molecule has 2 atom stereocenters. The molecule has 33 heavy (non-hydrogen) atoms. The zero-order valence-corrected chi connectivity index (χ0v) is 20.3. The Bertz CT molecular complexity index is 1000. The Balaban J connectivity index is 2.01. The number of hydrogen-bond donors (Lipinski definition) is 2. The van der Waals surface area contributed by atoms with E-state index in [2.05, 4.69) is 74.6 Å². The molecular formula is C30H37NO2. The highest BCUT2D eigenvalue weighted by atomic mass is 16.5. The summed E-state index contributed by atoms with van der Waals surface area (Å²) in [5.41, 5.74) is 5.90. The van der Waals surface area contributed by atoms with Gasteiger partial charge in [-0.15, -0.1) is 0 Å². The summed E-state index contributed by atoms with van der Waals surface area (Å²) in [6.45, 7) is 6.59. The van der Waals surface area contributed by atoms with Gasteiger partial charge in [0.2, 0.25) is 0 Å². The van der Waals surface area contributed by atoms with Crippen LogP contribution in [-0.4, -0.2) is 24.3 Å². The van der Waals surface area contributed by atoms with E-state index in [-0.39, 0.29) is 11.9 Å². The Kier molecular flexibility index (Phi) is 9.14. The molecule has 2 unspecified atom stereocenters. The molecular weight excluding hydrogens is 406 g/mol. The maximum Gasteiger partial charge on any atom is 0.119 e. The van der Waals surface area contributed by atoms with Crippen LogP contribution < -0.4 is 10.1 Å². The summed E-state index contributed by atoms with van der Waals surface area (Å²) in [6, 6.07) is 26.8. The van der Waals surface area contributed by atoms with Crippen molar-refractivity contribution in [1.82, 2.24) is 5.32 Å². The number of allylic oxidation sites excluding steroid dienone is 1. The van der Waals surface area contributed by atoms with Gasteiger partial charge in [-0.25, -0.2) is 0 Å². The number of hydrogen-bond acceptors (Lipinski definition) is 3. The van der Waals surface area contributed by atoms with Crippen molar-refractivity contribution < 1.29 is 9.84 Å². The molecule has 3 heteroatoms. The first-order valence-electron chi connectivity index (χ1n) is 12.1. The molecule has 0 spiro atoms. The summed E-state index contributed by atoms with van der Waals surface area (Å²) in [6.07, 6.45) is 4.19. The lowest BCUT2D eigenvalue weighted by Crippen LogP contribution is -2.40. The monoisotopic (exact) mass is 443 g/mol. The van der Waals surface area contributed by atoms with Crippen LogP contribution in [0.5, 0.6) is 11.5 Å². The van der Waals surface area contributed by atoms with Crippen LogP contribution in [0, 0.1) is 0 Å². The second kappa shape index (κ2) is 12.3. The van der Waals surface area contributed by atoms with E-state index in [9.17, 15) is 5.11 Å². The molecule has 0 aromatic heterocycles. The predicted molar refractivity (Wildman–Crippen MR) is 140 cm³/mol. The lowest BCUT2D eigenvalue weighted by atomic mass is 9.88. The molecule has 0 bridgehead atoms. The highest BCUT2D eigenvalue weighted by Crippen LogP contribution is 2.35. The summed E-state index contributed by atoms with van der Waals surface area (Å²) < 4.78 is 6.41. The molecule has 0 saturated heterocycles. The SMILES string of the molecule is CCCC(Oc1ccc(C(=C(CC)c2ccccc2)c2ccc(O)cc2)cc1)C(CC)NC. The highest BCUT2D eigenvalue weighted by Gasteiger charge is 2.20. The summed E-state index contributed by atoms with van der Waals surface area (Å²) >= 11 is 0. The van der Waals surface area contributed by atoms with Crippen molar-refractivity contribution in [2.75, 3.05) is 7.05 Å². The molecule has 0 saturated carbocycles. The van der Waals surface area contributed by atoms with Crippen molar-refractivity contribution in [1.29, 1.82) is 0 Å². The zero-order chi connectivity index (χ0) is 23.6. The van der Waals surface area contributed by atoms with Crippen LogP contribution in [0.4, 0.5) is 0 Å². The van der Waals surface area contributed by atoms with Gasteiger partial charge in [0.15, 0.2) is 0 Å². The third kappa shape index (κ3) is 6.27. The number of nitrogens with one attached hydrogen (secondary N) is 1. The number of phenolic OH excluding ortho intramolecular Hbond substituents is 1. The zero-order valence-electron chi connectivity index (χ0n) is 20.3. The number of phenols is 1. The molecule has 3 aromatic rings. The third-order valence-electron chi connectivity index (χ3n) is 6.20. The van der Waals surface area contributed by atoms with E-state index in [0.29, 0.717) is 6.04 Å². The number of ether oxygens (including phenoxy) is 1. The van der Waals surface area contributed by atoms with Gasteiger partial charge in [-0.3, -0.25) is 0 Å². The molecule has 0 aliphatic heterocycles. The highest BCUT2D eigenvalue weighted by molar-refractivity contribution is 5.98. The molecule has 0 amide bonds. The lowest BCUT2D eigenvalue weighted by Gasteiger charge is -2.27. The van der Waals surface area contributed by atoms with Crippen LogP contribution in [0.25, 0.3) is 11.1 Å². The smallest absolute Gasteiger partial charge is 0.119 e. The van der Waals surface area contributed by atoms with Crippen molar-refractivity contribution in [2.24, 2.45) is 0 Å². The minimum Gasteiger partial charge on any atom is -0.508 e. The molecule has 0 aliphatic carbocycles. The average Bonchev–Trinajstić information content (AvgIpc) is 2.85. The third-order valence-corrected chi connectivity index (χ3v) is 6.20. The summed E-state index contributed by atoms with van der Waals surface area (Å²) in [7, 11) is 2.01. The first kappa shape index (κ1) is 24.6. The average molecular weight is 444 g/mol. The van der Waals surface area contributed by atoms with Crippen molar-refractivity contribution >= 4 is 11.1 Å². The summed E-state index contributed by atoms with van der Waals surface area (Å²) in [5, 5.41) is 13.2. The topological polar surface area (TPSA) is 41.5 Å². The quantitative estimate of drug-likeness (QED) is 0.305. The van der Waals surface area contributed by atoms with E-state index < -0.39 is 0 Å². The Labute approximate surface area is 199 Å². The predicted octanol–water partition coefficient (Wildman–Crippen LogP) is 7.31. The first-order valence-corrected chi connectivity index (χ1v) is 12.1. The maximum atomic E-state index is 9.83. The molecule has 0 heterocycles. The summed E-state index contributed by atoms with van der Waals surface area (Å²) in [5.74, 6) is 1.17. The molecule has 2 N–H and O–H groups in total. The standard InChI is InChI=1S/C30H37NO2/c1-5-11-29(28(7-3)31-4)33-26-20-16-24(17-21-26)30(23-14-18-25(32)19-15-23)27(6-2)22-12-9-8-10-13-22/h8-10,12-21,28-29,31-32H,5-7,11H2,1-4H3. The lowest BCUT2D eigenvalue weighted by molar-refractivity contribution is 0.143. The first-order chi connectivity index (χ1) is 16.1. The van der Waals surface area contributed by atoms with Gasteiger partial charge < -0.3 is 15.2 Å². The van der Waals surface area contributed by atoms with Crippen molar-refractivity contribution in [3.63, 3.8) is 0 Å². The second-order valence-electron chi connectivity index (χ2n) is 8.39. The molecule has 174 valence electrons. The molecule has 3 nitrogen and oxygen atoms in total. The van der Waals surface area contributed by atoms with Gasteiger partial charge in [-0.1, -0.05) is 81.8 Å². The Morgan fingerprint density at radius 1 is 0.818 bits per heavy atom. The van der Waals surface area contributed by atoms with Crippen LogP contribution in [-0.2, 0) is 0 Å². The number of benzene rings is 3. The van der Waals surface area contributed by atoms with E-state index in [0.717, 1.165) is 42.6 Å². The molecule has 0 radical (unpaired) electrons. The maximum absolute atomic E-state index is 9.83. The minimum absolute atomic E-state index is 0.151. The Morgan fingerprint density at radius 3 is 1.94 bits per heavy atom. The fourth-order valence-corrected chi connectivity index (χ4v) is 4.46. The number of aromatic hydroxyl groups is 1. The van der Waals surface area contributed by atoms with Gasteiger partial charge in [-0.2, -0.15) is 0 Å². The van der Waals surface area contributed by atoms with E-state index in [1.54, 1.807) is 12.1 Å². The van der Waals surface area contributed by atoms with Gasteiger partial charge in [0.1, 0.15) is 17.6 Å². The van der Waals surface area contributed by atoms with E-state index >= 15 is 0 Å². The van der Waals surface area contributed by atoms with E-state index in [1.807, 2.05) is 25.2 Å². The van der Waals surface area contributed by atoms with Crippen molar-refractivity contribution in [2.45, 2.75) is 58.6 Å². The Morgan fingerprint density at radius 2 is 1.42 bits per heavy atom. The number of rotatable bonds is 11. The molecule has 3 aromatic carbocycles. The van der Waals surface area contributed by atoms with E-state index in [4.69, 9.17) is 4.74 Å². The largest absolute Gasteiger partial charge is 0.508 e. The van der Waals surface area contributed by atoms with Crippen molar-refractivity contribution in [3.05, 3.63) is 95.6 Å². The van der Waals surface area contributed by atoms with Gasteiger partial charge in [0.05, 0.1) is 0 Å². The van der Waals surface area contributed by atoms with Gasteiger partial charge >= 0.3 is 0 Å². The van der Waals surface area contributed by atoms with E-state index in [1.165, 1.54) is 16.7 Å². The molecule has 0 aliphatic rings. The van der Waals surface area contributed by atoms with Crippen LogP contribution in [0.15, 0.2) is 78.9 Å². The Hall–Kier alpha value is -3.04. The van der Waals surface area contributed by atoms with Crippen molar-refractivity contribution in [3.8, 4) is 11.5 Å². The second-order valence-corrected chi connectivity index (χ2v) is 8.39. The normalized spacial score (nSPS) is 13.8. The molecule has 3 rings (SSSR count). The van der Waals surface area contributed by atoms with Crippen LogP contribution in [0.2, 0.25) is 0 Å². The van der Waals surface area contributed by atoms with Crippen LogP contribution in [0.1, 0.15) is 63.1 Å². The fraction of sp³-hybridized carbons (Fsp3) is 0.333. The van der Waals surface area contributed by atoms with Gasteiger partial charge in [0, 0.05) is 6.04 Å². The van der Waals surface area contributed by atoms with Crippen LogP contribution in [0.3, 0.4) is 0 Å². The number of likely N-dealkylation sites (N-methyl/N-ethyl adjacent to an activating group) is 1. The van der Waals surface area contributed by atoms with Gasteiger partial charge in [-0.05, 0) is 78.4 Å². The summed E-state index contributed by atoms with van der Waals surface area (Å²) in [4.78, 5) is 0.